The number of rotatable bonds is 3. The van der Waals surface area contributed by atoms with Crippen LogP contribution in [0.4, 0.5) is 0 Å². The van der Waals surface area contributed by atoms with Crippen molar-refractivity contribution < 1.29 is 8.42 Å². The van der Waals surface area contributed by atoms with Crippen LogP contribution in [0.1, 0.15) is 10.4 Å². The smallest absolute Gasteiger partial charge is 0.216 e. The average Bonchev–Trinajstić information content (AvgIpc) is 2.89. The van der Waals surface area contributed by atoms with Crippen molar-refractivity contribution in [2.45, 2.75) is 11.8 Å². The molecule has 0 unspecified atom stereocenters. The van der Waals surface area contributed by atoms with Crippen molar-refractivity contribution in [2.75, 3.05) is 0 Å². The molecule has 2 rings (SSSR count). The summed E-state index contributed by atoms with van der Waals surface area (Å²) in [4.78, 5) is 0.647. The zero-order valence-electron chi connectivity index (χ0n) is 10.2. The summed E-state index contributed by atoms with van der Waals surface area (Å²) >= 11 is 1.39. The van der Waals surface area contributed by atoms with E-state index in [0.717, 1.165) is 10.4 Å². The summed E-state index contributed by atoms with van der Waals surface area (Å²) < 4.78 is 24.6. The molecule has 0 spiro atoms. The lowest BCUT2D eigenvalue weighted by atomic mass is 10.2. The average molecular weight is 289 g/mol. The second-order valence-corrected chi connectivity index (χ2v) is 6.85. The lowest BCUT2D eigenvalue weighted by Gasteiger charge is -2.03. The highest BCUT2D eigenvalue weighted by Gasteiger charge is 2.20. The van der Waals surface area contributed by atoms with Crippen LogP contribution in [0.25, 0.3) is 6.08 Å². The fourth-order valence-electron chi connectivity index (χ4n) is 1.52. The normalized spacial score (nSPS) is 12.1. The maximum atomic E-state index is 12.3. The van der Waals surface area contributed by atoms with Gasteiger partial charge in [-0.15, -0.1) is 11.3 Å². The molecule has 0 N–H and O–H groups in total. The van der Waals surface area contributed by atoms with E-state index in [2.05, 4.69) is 0 Å². The van der Waals surface area contributed by atoms with Gasteiger partial charge in [-0.2, -0.15) is 5.26 Å². The van der Waals surface area contributed by atoms with E-state index in [9.17, 15) is 8.42 Å². The van der Waals surface area contributed by atoms with E-state index in [4.69, 9.17) is 5.26 Å². The van der Waals surface area contributed by atoms with Gasteiger partial charge in [-0.3, -0.25) is 0 Å². The van der Waals surface area contributed by atoms with Gasteiger partial charge in [0.1, 0.15) is 6.07 Å². The summed E-state index contributed by atoms with van der Waals surface area (Å²) in [6, 6.07) is 11.8. The third kappa shape index (κ3) is 2.92. The molecule has 0 aliphatic rings. The van der Waals surface area contributed by atoms with Crippen LogP contribution in [0.15, 0.2) is 51.6 Å². The van der Waals surface area contributed by atoms with Gasteiger partial charge < -0.3 is 0 Å². The summed E-state index contributed by atoms with van der Waals surface area (Å²) in [7, 11) is -3.74. The molecule has 2 aromatic rings. The van der Waals surface area contributed by atoms with Gasteiger partial charge in [0.2, 0.25) is 9.84 Å². The number of allylic oxidation sites excluding steroid dienone is 1. The molecular weight excluding hydrogens is 278 g/mol. The maximum Gasteiger partial charge on any atom is 0.216 e. The lowest BCUT2D eigenvalue weighted by Crippen LogP contribution is -2.03. The van der Waals surface area contributed by atoms with Crippen LogP contribution < -0.4 is 0 Å². The minimum atomic E-state index is -3.74. The van der Waals surface area contributed by atoms with Crippen molar-refractivity contribution in [1.29, 1.82) is 5.26 Å². The summed E-state index contributed by atoms with van der Waals surface area (Å²) in [5, 5.41) is 10.9. The Morgan fingerprint density at radius 1 is 1.26 bits per heavy atom. The molecule has 0 radical (unpaired) electrons. The first-order valence-electron chi connectivity index (χ1n) is 5.51. The van der Waals surface area contributed by atoms with E-state index in [1.807, 2.05) is 18.4 Å². The van der Waals surface area contributed by atoms with E-state index in [1.54, 1.807) is 24.3 Å². The van der Waals surface area contributed by atoms with Crippen LogP contribution in [-0.4, -0.2) is 8.42 Å². The third-order valence-electron chi connectivity index (χ3n) is 2.55. The Morgan fingerprint density at radius 2 is 1.95 bits per heavy atom. The van der Waals surface area contributed by atoms with Crippen molar-refractivity contribution in [3.63, 3.8) is 0 Å². The number of sulfone groups is 1. The molecule has 0 aliphatic heterocycles. The van der Waals surface area contributed by atoms with Crippen LogP contribution in [0.5, 0.6) is 0 Å². The number of benzene rings is 1. The minimum Gasteiger partial charge on any atom is -0.218 e. The van der Waals surface area contributed by atoms with Gasteiger partial charge in [-0.05, 0) is 36.6 Å². The molecule has 0 saturated heterocycles. The third-order valence-corrected chi connectivity index (χ3v) is 5.05. The highest BCUT2D eigenvalue weighted by atomic mass is 32.2. The minimum absolute atomic E-state index is 0.141. The number of thiophene rings is 1. The maximum absolute atomic E-state index is 12.3. The van der Waals surface area contributed by atoms with Crippen LogP contribution in [0.2, 0.25) is 0 Å². The number of hydrogen-bond donors (Lipinski definition) is 0. The number of aryl methyl sites for hydroxylation is 1. The Morgan fingerprint density at radius 3 is 2.47 bits per heavy atom. The van der Waals surface area contributed by atoms with Gasteiger partial charge in [0.15, 0.2) is 4.91 Å². The largest absolute Gasteiger partial charge is 0.218 e. The summed E-state index contributed by atoms with van der Waals surface area (Å²) in [5.41, 5.74) is 0.972. The summed E-state index contributed by atoms with van der Waals surface area (Å²) in [6.45, 7) is 1.88. The van der Waals surface area contributed by atoms with Crippen molar-refractivity contribution in [2.24, 2.45) is 0 Å². The molecule has 19 heavy (non-hydrogen) atoms. The van der Waals surface area contributed by atoms with Crippen molar-refractivity contribution in [3.05, 3.63) is 57.1 Å². The van der Waals surface area contributed by atoms with Crippen molar-refractivity contribution in [1.82, 2.24) is 0 Å². The molecule has 96 valence electrons. The number of nitriles is 1. The first kappa shape index (κ1) is 13.5. The topological polar surface area (TPSA) is 57.9 Å². The van der Waals surface area contributed by atoms with Crippen LogP contribution >= 0.6 is 11.3 Å². The standard InChI is InChI=1S/C14H11NO2S2/c1-11-4-6-13(7-5-11)19(16,17)14(10-15)9-12-3-2-8-18-12/h2-9H,1H3. The Hall–Kier alpha value is -1.90. The molecule has 1 aromatic heterocycles. The zero-order valence-corrected chi connectivity index (χ0v) is 11.8. The molecule has 3 nitrogen and oxygen atoms in total. The van der Waals surface area contributed by atoms with Gasteiger partial charge in [0.25, 0.3) is 0 Å². The number of nitrogens with zero attached hydrogens (tertiary/aromatic N) is 1. The molecule has 5 heteroatoms. The van der Waals surface area contributed by atoms with E-state index >= 15 is 0 Å². The molecule has 1 heterocycles. The summed E-state index contributed by atoms with van der Waals surface area (Å²) in [6.07, 6.45) is 1.40. The van der Waals surface area contributed by atoms with Gasteiger partial charge in [0, 0.05) is 4.88 Å². The van der Waals surface area contributed by atoms with Gasteiger partial charge in [-0.25, -0.2) is 8.42 Å². The van der Waals surface area contributed by atoms with Gasteiger partial charge in [-0.1, -0.05) is 23.8 Å². The zero-order chi connectivity index (χ0) is 13.9. The molecule has 0 saturated carbocycles. The van der Waals surface area contributed by atoms with E-state index in [0.29, 0.717) is 0 Å². The second kappa shape index (κ2) is 5.39. The molecule has 0 fully saturated rings. The van der Waals surface area contributed by atoms with E-state index < -0.39 is 9.84 Å². The van der Waals surface area contributed by atoms with Gasteiger partial charge in [0.05, 0.1) is 4.90 Å². The molecule has 0 bridgehead atoms. The summed E-state index contributed by atoms with van der Waals surface area (Å²) in [5.74, 6) is 0. The molecular formula is C14H11NO2S2. The van der Waals surface area contributed by atoms with E-state index in [1.165, 1.54) is 29.5 Å². The SMILES string of the molecule is Cc1ccc(S(=O)(=O)C(C#N)=Cc2cccs2)cc1. The Balaban J connectivity index is 2.49. The fourth-order valence-corrected chi connectivity index (χ4v) is 3.40. The lowest BCUT2D eigenvalue weighted by molar-refractivity contribution is 0.603. The Labute approximate surface area is 116 Å². The Kier molecular flexibility index (Phi) is 3.84. The van der Waals surface area contributed by atoms with Crippen molar-refractivity contribution >= 4 is 27.3 Å². The molecule has 0 atom stereocenters. The monoisotopic (exact) mass is 289 g/mol. The first-order chi connectivity index (χ1) is 9.04. The molecule has 1 aromatic carbocycles. The highest BCUT2D eigenvalue weighted by molar-refractivity contribution is 7.95. The molecule has 0 amide bonds. The van der Waals surface area contributed by atoms with E-state index in [-0.39, 0.29) is 9.80 Å². The van der Waals surface area contributed by atoms with Crippen molar-refractivity contribution in [3.8, 4) is 6.07 Å². The quantitative estimate of drug-likeness (QED) is 0.814. The van der Waals surface area contributed by atoms with Crippen LogP contribution in [0, 0.1) is 18.3 Å². The first-order valence-corrected chi connectivity index (χ1v) is 7.87. The predicted molar refractivity (Wildman–Crippen MR) is 76.3 cm³/mol. The fraction of sp³-hybridized carbons (Fsp3) is 0.0714. The van der Waals surface area contributed by atoms with Gasteiger partial charge >= 0.3 is 0 Å². The predicted octanol–water partition coefficient (Wildman–Crippen LogP) is 3.39. The number of hydrogen-bond acceptors (Lipinski definition) is 4. The second-order valence-electron chi connectivity index (χ2n) is 3.95. The van der Waals surface area contributed by atoms with Crippen LogP contribution in [-0.2, 0) is 9.84 Å². The Bertz CT molecular complexity index is 734. The highest BCUT2D eigenvalue weighted by Crippen LogP contribution is 2.23. The van der Waals surface area contributed by atoms with Crippen LogP contribution in [0.3, 0.4) is 0 Å². The molecule has 0 aliphatic carbocycles.